The van der Waals surface area contributed by atoms with Gasteiger partial charge in [0.2, 0.25) is 0 Å². The SMILES string of the molecule is O=C(Nc1cccc2[nH]ncc12)NC1CCc2c1cccc2N1CCCCCC1. The monoisotopic (exact) mass is 389 g/mol. The number of nitrogens with one attached hydrogen (secondary N) is 3. The molecule has 0 saturated carbocycles. The standard InChI is InChI=1S/C23H27N5O/c29-23(25-19-8-6-9-21-18(19)15-24-27-21)26-20-12-11-17-16(20)7-5-10-22(17)28-13-3-1-2-4-14-28/h5-10,15,20H,1-4,11-14H2,(H,24,27)(H2,25,26,29). The summed E-state index contributed by atoms with van der Waals surface area (Å²) in [6, 6.07) is 12.2. The minimum Gasteiger partial charge on any atom is -0.371 e. The Bertz CT molecular complexity index is 1020. The lowest BCUT2D eigenvalue weighted by Gasteiger charge is -2.25. The highest BCUT2D eigenvalue weighted by Gasteiger charge is 2.27. The van der Waals surface area contributed by atoms with Crippen LogP contribution in [0.4, 0.5) is 16.2 Å². The van der Waals surface area contributed by atoms with Gasteiger partial charge in [0, 0.05) is 24.2 Å². The van der Waals surface area contributed by atoms with Crippen LogP contribution in [0.2, 0.25) is 0 Å². The number of aromatic nitrogens is 2. The van der Waals surface area contributed by atoms with Crippen LogP contribution < -0.4 is 15.5 Å². The summed E-state index contributed by atoms with van der Waals surface area (Å²) in [5.74, 6) is 0. The number of nitrogens with zero attached hydrogens (tertiary/aromatic N) is 2. The molecule has 6 heteroatoms. The maximum Gasteiger partial charge on any atom is 0.319 e. The summed E-state index contributed by atoms with van der Waals surface area (Å²) < 4.78 is 0. The number of hydrogen-bond donors (Lipinski definition) is 3. The van der Waals surface area contributed by atoms with E-state index in [1.807, 2.05) is 18.2 Å². The molecule has 0 radical (unpaired) electrons. The Hall–Kier alpha value is -3.02. The molecule has 2 aromatic carbocycles. The zero-order valence-electron chi connectivity index (χ0n) is 16.6. The summed E-state index contributed by atoms with van der Waals surface area (Å²) >= 11 is 0. The molecule has 150 valence electrons. The molecule has 2 heterocycles. The number of H-pyrrole nitrogens is 1. The van der Waals surface area contributed by atoms with Gasteiger partial charge in [0.25, 0.3) is 0 Å². The first kappa shape index (κ1) is 18.0. The van der Waals surface area contributed by atoms with Crippen LogP contribution in [0.3, 0.4) is 0 Å². The van der Waals surface area contributed by atoms with Crippen molar-refractivity contribution in [3.8, 4) is 0 Å². The third-order valence-electron chi connectivity index (χ3n) is 6.23. The normalized spacial score (nSPS) is 19.0. The first-order valence-electron chi connectivity index (χ1n) is 10.7. The van der Waals surface area contributed by atoms with E-state index in [9.17, 15) is 4.79 Å². The largest absolute Gasteiger partial charge is 0.371 e. The minimum atomic E-state index is -0.170. The maximum absolute atomic E-state index is 12.7. The van der Waals surface area contributed by atoms with E-state index in [0.29, 0.717) is 0 Å². The summed E-state index contributed by atoms with van der Waals surface area (Å²) in [5.41, 5.74) is 5.73. The number of fused-ring (bicyclic) bond motifs is 2. The number of benzene rings is 2. The Labute approximate surface area is 170 Å². The average molecular weight is 390 g/mol. The first-order valence-corrected chi connectivity index (χ1v) is 10.7. The van der Waals surface area contributed by atoms with E-state index in [1.54, 1.807) is 6.20 Å². The van der Waals surface area contributed by atoms with E-state index < -0.39 is 0 Å². The van der Waals surface area contributed by atoms with Crippen molar-refractivity contribution in [2.24, 2.45) is 0 Å². The van der Waals surface area contributed by atoms with Gasteiger partial charge in [-0.3, -0.25) is 5.10 Å². The molecule has 1 saturated heterocycles. The second-order valence-electron chi connectivity index (χ2n) is 8.07. The fourth-order valence-corrected chi connectivity index (χ4v) is 4.79. The Morgan fingerprint density at radius 1 is 1.07 bits per heavy atom. The van der Waals surface area contributed by atoms with Crippen LogP contribution in [-0.4, -0.2) is 29.3 Å². The van der Waals surface area contributed by atoms with Crippen molar-refractivity contribution < 1.29 is 4.79 Å². The second kappa shape index (κ2) is 7.78. The molecular weight excluding hydrogens is 362 g/mol. The van der Waals surface area contributed by atoms with Gasteiger partial charge in [-0.05, 0) is 55.0 Å². The molecular formula is C23H27N5O. The minimum absolute atomic E-state index is 0.0560. The number of urea groups is 1. The van der Waals surface area contributed by atoms with Crippen LogP contribution >= 0.6 is 0 Å². The number of carbonyl (C=O) groups is 1. The van der Waals surface area contributed by atoms with E-state index in [1.165, 1.54) is 42.5 Å². The van der Waals surface area contributed by atoms with Gasteiger partial charge in [-0.1, -0.05) is 31.0 Å². The molecule has 1 aliphatic carbocycles. The Kier molecular flexibility index (Phi) is 4.84. The molecule has 5 rings (SSSR count). The van der Waals surface area contributed by atoms with Crippen LogP contribution in [0.1, 0.15) is 49.3 Å². The van der Waals surface area contributed by atoms with Gasteiger partial charge in [0.05, 0.1) is 23.4 Å². The lowest BCUT2D eigenvalue weighted by molar-refractivity contribution is 0.248. The summed E-state index contributed by atoms with van der Waals surface area (Å²) in [4.78, 5) is 15.3. The molecule has 29 heavy (non-hydrogen) atoms. The molecule has 1 aliphatic heterocycles. The van der Waals surface area contributed by atoms with E-state index >= 15 is 0 Å². The summed E-state index contributed by atoms with van der Waals surface area (Å²) in [6.45, 7) is 2.29. The van der Waals surface area contributed by atoms with Crippen molar-refractivity contribution in [1.29, 1.82) is 0 Å². The van der Waals surface area contributed by atoms with E-state index in [0.717, 1.165) is 42.5 Å². The molecule has 6 nitrogen and oxygen atoms in total. The topological polar surface area (TPSA) is 73.0 Å². The molecule has 1 aromatic heterocycles. The molecule has 0 bridgehead atoms. The number of anilines is 2. The summed E-state index contributed by atoms with van der Waals surface area (Å²) in [6.07, 6.45) is 8.91. The third kappa shape index (κ3) is 3.55. The molecule has 2 amide bonds. The molecule has 1 unspecified atom stereocenters. The quantitative estimate of drug-likeness (QED) is 0.605. The van der Waals surface area contributed by atoms with Crippen molar-refractivity contribution in [2.45, 2.75) is 44.6 Å². The van der Waals surface area contributed by atoms with Gasteiger partial charge in [0.1, 0.15) is 0 Å². The van der Waals surface area contributed by atoms with Crippen LogP contribution in [0.15, 0.2) is 42.6 Å². The van der Waals surface area contributed by atoms with Crippen molar-refractivity contribution >= 4 is 28.3 Å². The predicted molar refractivity (Wildman–Crippen MR) is 116 cm³/mol. The molecule has 1 atom stereocenters. The maximum atomic E-state index is 12.7. The molecule has 0 spiro atoms. The van der Waals surface area contributed by atoms with Crippen LogP contribution in [-0.2, 0) is 6.42 Å². The van der Waals surface area contributed by atoms with E-state index in [2.05, 4.69) is 43.9 Å². The van der Waals surface area contributed by atoms with Gasteiger partial charge < -0.3 is 15.5 Å². The molecule has 2 aliphatic rings. The Balaban J connectivity index is 1.32. The highest BCUT2D eigenvalue weighted by molar-refractivity contribution is 6.00. The van der Waals surface area contributed by atoms with Crippen molar-refractivity contribution in [1.82, 2.24) is 15.5 Å². The fourth-order valence-electron chi connectivity index (χ4n) is 4.79. The van der Waals surface area contributed by atoms with Crippen molar-refractivity contribution in [2.75, 3.05) is 23.3 Å². The van der Waals surface area contributed by atoms with Crippen LogP contribution in [0.5, 0.6) is 0 Å². The highest BCUT2D eigenvalue weighted by Crippen LogP contribution is 2.38. The summed E-state index contributed by atoms with van der Waals surface area (Å²) in [5, 5.41) is 14.1. The zero-order valence-corrected chi connectivity index (χ0v) is 16.6. The molecule has 3 aromatic rings. The van der Waals surface area contributed by atoms with Gasteiger partial charge >= 0.3 is 6.03 Å². The number of hydrogen-bond acceptors (Lipinski definition) is 3. The molecule has 1 fully saturated rings. The van der Waals surface area contributed by atoms with Gasteiger partial charge in [0.15, 0.2) is 0 Å². The fraction of sp³-hybridized carbons (Fsp3) is 0.391. The molecule has 3 N–H and O–H groups in total. The average Bonchev–Trinajstić information content (AvgIpc) is 3.28. The lowest BCUT2D eigenvalue weighted by Crippen LogP contribution is -2.31. The van der Waals surface area contributed by atoms with E-state index in [4.69, 9.17) is 0 Å². The summed E-state index contributed by atoms with van der Waals surface area (Å²) in [7, 11) is 0. The lowest BCUT2D eigenvalue weighted by atomic mass is 10.1. The second-order valence-corrected chi connectivity index (χ2v) is 8.07. The van der Waals surface area contributed by atoms with E-state index in [-0.39, 0.29) is 12.1 Å². The van der Waals surface area contributed by atoms with Crippen LogP contribution in [0, 0.1) is 0 Å². The van der Waals surface area contributed by atoms with Gasteiger partial charge in [-0.25, -0.2) is 4.79 Å². The van der Waals surface area contributed by atoms with Crippen molar-refractivity contribution in [3.63, 3.8) is 0 Å². The van der Waals surface area contributed by atoms with Crippen molar-refractivity contribution in [3.05, 3.63) is 53.7 Å². The number of aromatic amines is 1. The number of carbonyl (C=O) groups excluding carboxylic acids is 1. The number of rotatable bonds is 3. The third-order valence-corrected chi connectivity index (χ3v) is 6.23. The van der Waals surface area contributed by atoms with Gasteiger partial charge in [-0.15, -0.1) is 0 Å². The highest BCUT2D eigenvalue weighted by atomic mass is 16.2. The van der Waals surface area contributed by atoms with Gasteiger partial charge in [-0.2, -0.15) is 5.10 Å². The predicted octanol–water partition coefficient (Wildman–Crippen LogP) is 4.75. The Morgan fingerprint density at radius 2 is 1.90 bits per heavy atom. The Morgan fingerprint density at radius 3 is 2.76 bits per heavy atom. The smallest absolute Gasteiger partial charge is 0.319 e. The zero-order chi connectivity index (χ0) is 19.6. The number of amides is 2. The first-order chi connectivity index (χ1) is 14.3. The van der Waals surface area contributed by atoms with Crippen LogP contribution in [0.25, 0.3) is 10.9 Å².